The molecular formula is C22H14F2N2OS. The molecule has 3 heterocycles. The molecule has 2 aromatic heterocycles. The van der Waals surface area contributed by atoms with Gasteiger partial charge in [-0.05, 0) is 23.3 Å². The molecule has 0 saturated heterocycles. The normalized spacial score (nSPS) is 24.0. The first-order chi connectivity index (χ1) is 13.6. The Balaban J connectivity index is 1.61. The van der Waals surface area contributed by atoms with Gasteiger partial charge in [-0.25, -0.2) is 13.8 Å². The quantitative estimate of drug-likeness (QED) is 0.698. The largest absolute Gasteiger partial charge is 0.391 e. The molecule has 0 fully saturated rings. The number of aromatic nitrogens is 2. The lowest BCUT2D eigenvalue weighted by Gasteiger charge is -2.12. The summed E-state index contributed by atoms with van der Waals surface area (Å²) in [5.41, 5.74) is 4.91. The Hall–Kier alpha value is -2.70. The van der Waals surface area contributed by atoms with E-state index < -0.39 is 18.2 Å². The zero-order valence-corrected chi connectivity index (χ0v) is 15.4. The van der Waals surface area contributed by atoms with E-state index in [2.05, 4.69) is 23.2 Å². The predicted molar refractivity (Wildman–Crippen MR) is 105 cm³/mol. The first kappa shape index (κ1) is 16.3. The van der Waals surface area contributed by atoms with E-state index in [-0.39, 0.29) is 15.6 Å². The maximum absolute atomic E-state index is 15.1. The Morgan fingerprint density at radius 1 is 1.18 bits per heavy atom. The number of nitrogens with zero attached hydrogens (tertiary/aromatic N) is 2. The summed E-state index contributed by atoms with van der Waals surface area (Å²) in [7, 11) is 0. The number of fused-ring (bicyclic) bond motifs is 6. The van der Waals surface area contributed by atoms with Crippen molar-refractivity contribution in [2.45, 2.75) is 16.6 Å². The van der Waals surface area contributed by atoms with Crippen LogP contribution in [0.25, 0.3) is 16.8 Å². The summed E-state index contributed by atoms with van der Waals surface area (Å²) in [5, 5.41) is 9.67. The maximum Gasteiger partial charge on any atom is 0.142 e. The predicted octanol–water partition coefficient (Wildman–Crippen LogP) is 4.50. The molecule has 3 aliphatic rings. The van der Waals surface area contributed by atoms with Crippen molar-refractivity contribution in [3.05, 3.63) is 95.0 Å². The van der Waals surface area contributed by atoms with Gasteiger partial charge in [-0.15, -0.1) is 11.8 Å². The van der Waals surface area contributed by atoms with Crippen LogP contribution in [0.3, 0.4) is 0 Å². The third kappa shape index (κ3) is 1.94. The topological polar surface area (TPSA) is 37.5 Å². The van der Waals surface area contributed by atoms with Crippen LogP contribution in [0.5, 0.6) is 0 Å². The van der Waals surface area contributed by atoms with Crippen LogP contribution in [0.15, 0.2) is 66.7 Å². The molecule has 3 aromatic rings. The molecule has 1 N–H and O–H groups in total. The van der Waals surface area contributed by atoms with E-state index in [1.54, 1.807) is 6.20 Å². The van der Waals surface area contributed by atoms with Crippen molar-refractivity contribution in [2.24, 2.45) is 0 Å². The molecule has 6 rings (SSSR count). The number of rotatable bonds is 2. The Bertz CT molecular complexity index is 1270. The molecule has 138 valence electrons. The second-order valence-electron chi connectivity index (χ2n) is 7.16. The minimum absolute atomic E-state index is 0.256. The van der Waals surface area contributed by atoms with Gasteiger partial charge >= 0.3 is 0 Å². The molecule has 1 aliphatic heterocycles. The number of thioether (sulfide) groups is 1. The first-order valence-corrected chi connectivity index (χ1v) is 9.86. The van der Waals surface area contributed by atoms with Crippen LogP contribution in [0.2, 0.25) is 0 Å². The van der Waals surface area contributed by atoms with Gasteiger partial charge in [0.05, 0.1) is 11.4 Å². The molecule has 2 unspecified atom stereocenters. The molecule has 6 heteroatoms. The van der Waals surface area contributed by atoms with Gasteiger partial charge in [0.15, 0.2) is 0 Å². The van der Waals surface area contributed by atoms with Gasteiger partial charge in [-0.2, -0.15) is 0 Å². The standard InChI is InChI=1S/C22H14F2N2OS/c23-16-6-5-13(20(24)15(16)11-27)14-10-26-8-7-25-21(26)19-18(14)22(19)9-12-3-1-2-4-17(12)28-22/h1-10,17,27H,11H2. The first-order valence-electron chi connectivity index (χ1n) is 8.98. The van der Waals surface area contributed by atoms with Crippen LogP contribution >= 0.6 is 11.8 Å². The number of hydrogen-bond donors (Lipinski definition) is 1. The highest BCUT2D eigenvalue weighted by molar-refractivity contribution is 8.02. The van der Waals surface area contributed by atoms with Gasteiger partial charge in [0.2, 0.25) is 0 Å². The van der Waals surface area contributed by atoms with Gasteiger partial charge in [-0.3, -0.25) is 0 Å². The van der Waals surface area contributed by atoms with E-state index in [1.807, 2.05) is 40.7 Å². The second-order valence-corrected chi connectivity index (χ2v) is 8.55. The second kappa shape index (κ2) is 5.43. The van der Waals surface area contributed by atoms with E-state index in [0.717, 1.165) is 16.8 Å². The van der Waals surface area contributed by atoms with Gasteiger partial charge in [0, 0.05) is 46.1 Å². The molecule has 1 spiro atoms. The highest BCUT2D eigenvalue weighted by Gasteiger charge is 2.58. The smallest absolute Gasteiger partial charge is 0.142 e. The monoisotopic (exact) mass is 392 g/mol. The number of imidazole rings is 1. The lowest BCUT2D eigenvalue weighted by Crippen LogP contribution is -2.01. The Morgan fingerprint density at radius 2 is 2.07 bits per heavy atom. The molecular weight excluding hydrogens is 378 g/mol. The van der Waals surface area contributed by atoms with Gasteiger partial charge in [0.1, 0.15) is 17.3 Å². The Morgan fingerprint density at radius 3 is 2.89 bits per heavy atom. The molecule has 0 bridgehead atoms. The third-order valence-electron chi connectivity index (χ3n) is 5.69. The Kier molecular flexibility index (Phi) is 3.15. The van der Waals surface area contributed by atoms with E-state index >= 15 is 4.39 Å². The van der Waals surface area contributed by atoms with E-state index in [4.69, 9.17) is 0 Å². The van der Waals surface area contributed by atoms with Crippen LogP contribution in [0, 0.1) is 11.6 Å². The highest BCUT2D eigenvalue weighted by atomic mass is 32.2. The average molecular weight is 392 g/mol. The number of halogens is 2. The lowest BCUT2D eigenvalue weighted by molar-refractivity contribution is 0.269. The summed E-state index contributed by atoms with van der Waals surface area (Å²) in [6.07, 6.45) is 16.0. The molecule has 0 amide bonds. The van der Waals surface area contributed by atoms with E-state index in [9.17, 15) is 9.50 Å². The van der Waals surface area contributed by atoms with Crippen LogP contribution in [0.1, 0.15) is 16.7 Å². The van der Waals surface area contributed by atoms with Gasteiger partial charge in [0.25, 0.3) is 0 Å². The van der Waals surface area contributed by atoms with Crippen LogP contribution in [0.4, 0.5) is 8.78 Å². The number of aliphatic hydroxyl groups is 1. The number of allylic oxidation sites excluding steroid dienone is 3. The number of benzene rings is 1. The highest BCUT2D eigenvalue weighted by Crippen LogP contribution is 2.68. The number of aliphatic hydroxyl groups excluding tert-OH is 1. The van der Waals surface area contributed by atoms with Crippen molar-refractivity contribution in [2.75, 3.05) is 0 Å². The molecule has 0 saturated carbocycles. The molecule has 2 aliphatic carbocycles. The fraction of sp³-hybridized carbons (Fsp3) is 0.136. The number of pyridine rings is 1. The van der Waals surface area contributed by atoms with Crippen molar-refractivity contribution in [1.29, 1.82) is 0 Å². The Labute approximate surface area is 163 Å². The number of hydrogen-bond acceptors (Lipinski definition) is 3. The molecule has 0 radical (unpaired) electrons. The molecule has 1 aromatic carbocycles. The summed E-state index contributed by atoms with van der Waals surface area (Å²) < 4.78 is 30.5. The average Bonchev–Trinajstić information content (AvgIpc) is 3.01. The fourth-order valence-corrected chi connectivity index (χ4v) is 6.01. The van der Waals surface area contributed by atoms with Crippen LogP contribution < -0.4 is 0 Å². The summed E-state index contributed by atoms with van der Waals surface area (Å²) in [6, 6.07) is 2.67. The van der Waals surface area contributed by atoms with Crippen molar-refractivity contribution in [1.82, 2.24) is 9.38 Å². The van der Waals surface area contributed by atoms with E-state index in [0.29, 0.717) is 11.1 Å². The van der Waals surface area contributed by atoms with Crippen molar-refractivity contribution in [3.8, 4) is 11.1 Å². The zero-order valence-electron chi connectivity index (χ0n) is 14.6. The molecule has 3 nitrogen and oxygen atoms in total. The summed E-state index contributed by atoms with van der Waals surface area (Å²) in [5.74, 6) is -1.44. The van der Waals surface area contributed by atoms with Crippen molar-refractivity contribution >= 4 is 17.4 Å². The SMILES string of the molecule is OCc1c(F)ccc(-c2cn3ccnc3c3c2C32C=C3C=CC=CC3S2)c1F. The van der Waals surface area contributed by atoms with Crippen molar-refractivity contribution < 1.29 is 13.9 Å². The minimum atomic E-state index is -0.734. The molecule has 2 atom stereocenters. The van der Waals surface area contributed by atoms with Gasteiger partial charge < -0.3 is 9.51 Å². The van der Waals surface area contributed by atoms with Crippen LogP contribution in [-0.2, 0) is 11.4 Å². The van der Waals surface area contributed by atoms with Crippen molar-refractivity contribution in [3.63, 3.8) is 0 Å². The summed E-state index contributed by atoms with van der Waals surface area (Å²) in [6.45, 7) is -0.678. The summed E-state index contributed by atoms with van der Waals surface area (Å²) >= 11 is 1.81. The maximum atomic E-state index is 15.1. The summed E-state index contributed by atoms with van der Waals surface area (Å²) in [4.78, 5) is 4.50. The minimum Gasteiger partial charge on any atom is -0.391 e. The van der Waals surface area contributed by atoms with Crippen LogP contribution in [-0.4, -0.2) is 19.7 Å². The zero-order chi connectivity index (χ0) is 19.0. The molecule has 28 heavy (non-hydrogen) atoms. The lowest BCUT2D eigenvalue weighted by atomic mass is 10.0. The fourth-order valence-electron chi connectivity index (χ4n) is 4.37. The van der Waals surface area contributed by atoms with Gasteiger partial charge in [-0.1, -0.05) is 30.4 Å². The third-order valence-corrected chi connectivity index (χ3v) is 7.27. The van der Waals surface area contributed by atoms with E-state index in [1.165, 1.54) is 17.7 Å².